The number of aromatic nitrogens is 2. The Morgan fingerprint density at radius 3 is 2.79 bits per heavy atom. The fourth-order valence-corrected chi connectivity index (χ4v) is 2.23. The van der Waals surface area contributed by atoms with Crippen molar-refractivity contribution in [2.24, 2.45) is 0 Å². The third kappa shape index (κ3) is 4.15. The van der Waals surface area contributed by atoms with Gasteiger partial charge in [0.05, 0.1) is 4.92 Å². The number of aryl methyl sites for hydroxylation is 2. The quantitative estimate of drug-likeness (QED) is 0.474. The van der Waals surface area contributed by atoms with E-state index in [4.69, 9.17) is 4.52 Å². The molecule has 2 aromatic rings. The highest BCUT2D eigenvalue weighted by atomic mass is 16.6. The molecule has 0 unspecified atom stereocenters. The van der Waals surface area contributed by atoms with Crippen molar-refractivity contribution in [2.75, 3.05) is 6.54 Å². The van der Waals surface area contributed by atoms with Gasteiger partial charge in [0.25, 0.3) is 11.6 Å². The van der Waals surface area contributed by atoms with Crippen molar-refractivity contribution < 1.29 is 14.2 Å². The summed E-state index contributed by atoms with van der Waals surface area (Å²) in [6, 6.07) is 4.56. The smallest absolute Gasteiger partial charge is 0.282 e. The van der Waals surface area contributed by atoms with Crippen LogP contribution in [-0.2, 0) is 6.42 Å². The Morgan fingerprint density at radius 1 is 1.42 bits per heavy atom. The molecule has 2 rings (SSSR count). The molecule has 24 heavy (non-hydrogen) atoms. The van der Waals surface area contributed by atoms with E-state index in [1.54, 1.807) is 19.1 Å². The monoisotopic (exact) mass is 332 g/mol. The van der Waals surface area contributed by atoms with E-state index in [0.717, 1.165) is 0 Å². The van der Waals surface area contributed by atoms with Gasteiger partial charge in [-0.15, -0.1) is 0 Å². The van der Waals surface area contributed by atoms with Crippen LogP contribution in [0.3, 0.4) is 0 Å². The van der Waals surface area contributed by atoms with Crippen molar-refractivity contribution in [1.82, 2.24) is 15.5 Å². The van der Waals surface area contributed by atoms with Crippen LogP contribution in [0.2, 0.25) is 0 Å². The molecule has 8 nitrogen and oxygen atoms in total. The largest absolute Gasteiger partial charge is 0.352 e. The van der Waals surface area contributed by atoms with Gasteiger partial charge in [-0.3, -0.25) is 14.9 Å². The summed E-state index contributed by atoms with van der Waals surface area (Å²) in [4.78, 5) is 27.0. The zero-order valence-electron chi connectivity index (χ0n) is 13.9. The molecule has 0 bridgehead atoms. The molecule has 128 valence electrons. The van der Waals surface area contributed by atoms with Crippen LogP contribution >= 0.6 is 0 Å². The van der Waals surface area contributed by atoms with E-state index in [2.05, 4.69) is 15.5 Å². The Kier molecular flexibility index (Phi) is 5.62. The summed E-state index contributed by atoms with van der Waals surface area (Å²) >= 11 is 0. The number of benzene rings is 1. The fourth-order valence-electron chi connectivity index (χ4n) is 2.23. The number of hydrogen-bond acceptors (Lipinski definition) is 6. The second kappa shape index (κ2) is 7.67. The van der Waals surface area contributed by atoms with E-state index in [1.807, 2.05) is 13.8 Å². The number of nitro groups is 1. The van der Waals surface area contributed by atoms with Gasteiger partial charge in [0.2, 0.25) is 5.89 Å². The topological polar surface area (TPSA) is 111 Å². The molecule has 0 saturated carbocycles. The molecule has 0 saturated heterocycles. The molecule has 0 radical (unpaired) electrons. The molecule has 0 spiro atoms. The summed E-state index contributed by atoms with van der Waals surface area (Å²) < 4.78 is 5.12. The average Bonchev–Trinajstić information content (AvgIpc) is 3.00. The molecule has 0 aliphatic heterocycles. The summed E-state index contributed by atoms with van der Waals surface area (Å²) in [7, 11) is 0. The normalized spacial score (nSPS) is 10.8. The third-order valence-electron chi connectivity index (χ3n) is 3.53. The molecule has 0 aliphatic rings. The zero-order valence-corrected chi connectivity index (χ0v) is 13.9. The summed E-state index contributed by atoms with van der Waals surface area (Å²) in [6.07, 6.45) is 1.14. The number of rotatable bonds is 7. The first-order chi connectivity index (χ1) is 11.4. The minimum atomic E-state index is -0.548. The van der Waals surface area contributed by atoms with E-state index >= 15 is 0 Å². The third-order valence-corrected chi connectivity index (χ3v) is 3.53. The number of carbonyl (C=O) groups is 1. The summed E-state index contributed by atoms with van der Waals surface area (Å²) in [6.45, 7) is 5.99. The van der Waals surface area contributed by atoms with Gasteiger partial charge in [0.15, 0.2) is 5.82 Å². The molecule has 1 N–H and O–H groups in total. The number of nitrogens with zero attached hydrogens (tertiary/aromatic N) is 3. The maximum absolute atomic E-state index is 12.2. The van der Waals surface area contributed by atoms with Gasteiger partial charge in [-0.25, -0.2) is 0 Å². The van der Waals surface area contributed by atoms with Crippen LogP contribution in [0.5, 0.6) is 0 Å². The molecule has 0 aliphatic carbocycles. The standard InChI is InChI=1S/C16H20N4O4/c1-10(2)15-18-13(24-19-15)8-5-9-17-16(21)14-11(3)6-4-7-12(14)20(22)23/h4,6-7,10H,5,8-9H2,1-3H3,(H,17,21). The van der Waals surface area contributed by atoms with Gasteiger partial charge < -0.3 is 9.84 Å². The number of hydrogen-bond donors (Lipinski definition) is 1. The first-order valence-electron chi connectivity index (χ1n) is 7.74. The van der Waals surface area contributed by atoms with Crippen LogP contribution in [0.4, 0.5) is 5.69 Å². The minimum absolute atomic E-state index is 0.0994. The number of nitrogens with one attached hydrogen (secondary N) is 1. The maximum Gasteiger partial charge on any atom is 0.282 e. The lowest BCUT2D eigenvalue weighted by Crippen LogP contribution is -2.26. The zero-order chi connectivity index (χ0) is 17.7. The number of carbonyl (C=O) groups excluding carboxylic acids is 1. The SMILES string of the molecule is Cc1cccc([N+](=O)[O-])c1C(=O)NCCCc1nc(C(C)C)no1. The van der Waals surface area contributed by atoms with Crippen LogP contribution in [0, 0.1) is 17.0 Å². The Hall–Kier alpha value is -2.77. The van der Waals surface area contributed by atoms with Crippen LogP contribution in [-0.4, -0.2) is 27.5 Å². The highest BCUT2D eigenvalue weighted by molar-refractivity contribution is 5.99. The minimum Gasteiger partial charge on any atom is -0.352 e. The summed E-state index contributed by atoms with van der Waals surface area (Å²) in [5.74, 6) is 0.927. The van der Waals surface area contributed by atoms with Crippen LogP contribution < -0.4 is 5.32 Å². The van der Waals surface area contributed by atoms with Crippen molar-refractivity contribution >= 4 is 11.6 Å². The van der Waals surface area contributed by atoms with E-state index in [9.17, 15) is 14.9 Å². The van der Waals surface area contributed by atoms with Crippen LogP contribution in [0.25, 0.3) is 0 Å². The Morgan fingerprint density at radius 2 is 2.17 bits per heavy atom. The average molecular weight is 332 g/mol. The predicted molar refractivity (Wildman–Crippen MR) is 86.9 cm³/mol. The fraction of sp³-hybridized carbons (Fsp3) is 0.438. The van der Waals surface area contributed by atoms with Gasteiger partial charge in [0, 0.05) is 24.9 Å². The Balaban J connectivity index is 1.91. The highest BCUT2D eigenvalue weighted by Gasteiger charge is 2.21. The Bertz CT molecular complexity index is 739. The van der Waals surface area contributed by atoms with E-state index < -0.39 is 10.8 Å². The summed E-state index contributed by atoms with van der Waals surface area (Å²) in [5.41, 5.74) is 0.480. The molecule has 0 fully saturated rings. The van der Waals surface area contributed by atoms with Gasteiger partial charge in [-0.2, -0.15) is 4.98 Å². The summed E-state index contributed by atoms with van der Waals surface area (Å²) in [5, 5.41) is 17.6. The lowest BCUT2D eigenvalue weighted by Gasteiger charge is -2.07. The van der Waals surface area contributed by atoms with E-state index in [-0.39, 0.29) is 17.2 Å². The molecular formula is C16H20N4O4. The molecule has 0 atom stereocenters. The van der Waals surface area contributed by atoms with Crippen LogP contribution in [0.1, 0.15) is 53.8 Å². The van der Waals surface area contributed by atoms with Gasteiger partial charge in [-0.1, -0.05) is 31.1 Å². The number of amides is 1. The van der Waals surface area contributed by atoms with Crippen molar-refractivity contribution in [1.29, 1.82) is 0 Å². The highest BCUT2D eigenvalue weighted by Crippen LogP contribution is 2.21. The maximum atomic E-state index is 12.2. The molecule has 8 heteroatoms. The van der Waals surface area contributed by atoms with E-state index in [0.29, 0.717) is 36.7 Å². The first-order valence-corrected chi connectivity index (χ1v) is 7.74. The van der Waals surface area contributed by atoms with Crippen LogP contribution in [0.15, 0.2) is 22.7 Å². The van der Waals surface area contributed by atoms with Gasteiger partial charge in [0.1, 0.15) is 5.56 Å². The van der Waals surface area contributed by atoms with Crippen molar-refractivity contribution in [3.63, 3.8) is 0 Å². The first kappa shape index (κ1) is 17.6. The number of nitro benzene ring substituents is 1. The van der Waals surface area contributed by atoms with E-state index in [1.165, 1.54) is 6.07 Å². The second-order valence-corrected chi connectivity index (χ2v) is 5.79. The van der Waals surface area contributed by atoms with Crippen molar-refractivity contribution in [3.05, 3.63) is 51.2 Å². The predicted octanol–water partition coefficient (Wildman–Crippen LogP) is 2.77. The molecular weight excluding hydrogens is 312 g/mol. The molecule has 1 aromatic carbocycles. The molecule has 1 heterocycles. The lowest BCUT2D eigenvalue weighted by atomic mass is 10.1. The molecule has 1 aromatic heterocycles. The Labute approximate surface area is 139 Å². The van der Waals surface area contributed by atoms with Crippen molar-refractivity contribution in [3.8, 4) is 0 Å². The molecule has 1 amide bonds. The van der Waals surface area contributed by atoms with Gasteiger partial charge in [-0.05, 0) is 18.9 Å². The van der Waals surface area contributed by atoms with Crippen molar-refractivity contribution in [2.45, 2.75) is 39.5 Å². The van der Waals surface area contributed by atoms with Gasteiger partial charge >= 0.3 is 0 Å². The lowest BCUT2D eigenvalue weighted by molar-refractivity contribution is -0.385. The second-order valence-electron chi connectivity index (χ2n) is 5.79.